The van der Waals surface area contributed by atoms with E-state index in [2.05, 4.69) is 39.7 Å². The number of fused-ring (bicyclic) bond motifs is 1. The van der Waals surface area contributed by atoms with Crippen molar-refractivity contribution in [3.05, 3.63) is 47.3 Å². The summed E-state index contributed by atoms with van der Waals surface area (Å²) in [5.41, 5.74) is 3.17. The zero-order chi connectivity index (χ0) is 12.4. The summed E-state index contributed by atoms with van der Waals surface area (Å²) in [6.45, 7) is 0. The Bertz CT molecular complexity index is 548. The van der Waals surface area contributed by atoms with Crippen molar-refractivity contribution in [1.82, 2.24) is 15.4 Å². The molecule has 1 aromatic carbocycles. The van der Waals surface area contributed by atoms with Gasteiger partial charge in [0, 0.05) is 6.42 Å². The molecule has 0 amide bonds. The van der Waals surface area contributed by atoms with Crippen molar-refractivity contribution < 1.29 is 4.79 Å². The van der Waals surface area contributed by atoms with Crippen molar-refractivity contribution in [3.63, 3.8) is 0 Å². The quantitative estimate of drug-likeness (QED) is 0.840. The molecular formula is C14H15N3O. The van der Waals surface area contributed by atoms with Crippen LogP contribution in [0, 0.1) is 0 Å². The first kappa shape index (κ1) is 11.1. The summed E-state index contributed by atoms with van der Waals surface area (Å²) in [6.07, 6.45) is 5.40. The van der Waals surface area contributed by atoms with E-state index in [4.69, 9.17) is 0 Å². The predicted octanol–water partition coefficient (Wildman–Crippen LogP) is 2.50. The van der Waals surface area contributed by atoms with Gasteiger partial charge in [-0.25, -0.2) is 0 Å². The zero-order valence-corrected chi connectivity index (χ0v) is 10.1. The molecule has 0 aliphatic heterocycles. The minimum atomic E-state index is 0.0745. The first-order valence-electron chi connectivity index (χ1n) is 6.31. The van der Waals surface area contributed by atoms with Crippen LogP contribution in [0.4, 0.5) is 0 Å². The normalized spacial score (nSPS) is 18.3. The molecule has 1 heterocycles. The number of aromatic nitrogens is 3. The number of rotatable bonds is 3. The van der Waals surface area contributed by atoms with Gasteiger partial charge in [-0.3, -0.25) is 4.79 Å². The van der Waals surface area contributed by atoms with Gasteiger partial charge in [-0.2, -0.15) is 15.4 Å². The van der Waals surface area contributed by atoms with E-state index in [9.17, 15) is 4.79 Å². The van der Waals surface area contributed by atoms with E-state index in [1.807, 2.05) is 0 Å². The number of H-pyrrole nitrogens is 1. The number of benzene rings is 1. The summed E-state index contributed by atoms with van der Waals surface area (Å²) in [5.74, 6) is 0.407. The predicted molar refractivity (Wildman–Crippen MR) is 67.5 cm³/mol. The Kier molecular flexibility index (Phi) is 2.92. The second kappa shape index (κ2) is 4.72. The van der Waals surface area contributed by atoms with Crippen molar-refractivity contribution in [1.29, 1.82) is 0 Å². The molecule has 1 aliphatic rings. The van der Waals surface area contributed by atoms with Crippen LogP contribution in [0.15, 0.2) is 30.5 Å². The number of nitrogens with one attached hydrogen (secondary N) is 1. The van der Waals surface area contributed by atoms with E-state index in [0.29, 0.717) is 18.0 Å². The van der Waals surface area contributed by atoms with Crippen LogP contribution in [0.2, 0.25) is 0 Å². The molecule has 1 atom stereocenters. The number of carbonyl (C=O) groups is 1. The van der Waals surface area contributed by atoms with Gasteiger partial charge in [0.25, 0.3) is 0 Å². The lowest BCUT2D eigenvalue weighted by atomic mass is 9.80. The molecule has 1 aliphatic carbocycles. The van der Waals surface area contributed by atoms with Gasteiger partial charge in [-0.1, -0.05) is 24.3 Å². The largest absolute Gasteiger partial charge is 0.292 e. The van der Waals surface area contributed by atoms with Crippen molar-refractivity contribution >= 4 is 5.78 Å². The summed E-state index contributed by atoms with van der Waals surface area (Å²) in [4.78, 5) is 12.1. The monoisotopic (exact) mass is 241 g/mol. The first-order chi connectivity index (χ1) is 8.84. The molecule has 0 saturated heterocycles. The molecule has 18 heavy (non-hydrogen) atoms. The molecule has 92 valence electrons. The Morgan fingerprint density at radius 2 is 2.28 bits per heavy atom. The summed E-state index contributed by atoms with van der Waals surface area (Å²) >= 11 is 0. The molecule has 0 radical (unpaired) electrons. The number of aryl methyl sites for hydroxylation is 1. The van der Waals surface area contributed by atoms with Gasteiger partial charge in [-0.05, 0) is 36.3 Å². The van der Waals surface area contributed by atoms with Crippen LogP contribution in [0.1, 0.15) is 46.8 Å². The number of nitrogens with zero attached hydrogens (tertiary/aromatic N) is 2. The molecule has 2 aromatic rings. The molecule has 3 rings (SSSR count). The summed E-state index contributed by atoms with van der Waals surface area (Å²) in [6, 6.07) is 8.44. The first-order valence-corrected chi connectivity index (χ1v) is 6.31. The van der Waals surface area contributed by atoms with Crippen molar-refractivity contribution in [2.24, 2.45) is 0 Å². The molecule has 4 heteroatoms. The zero-order valence-electron chi connectivity index (χ0n) is 10.1. The average Bonchev–Trinajstić information content (AvgIpc) is 2.93. The van der Waals surface area contributed by atoms with Crippen LogP contribution >= 0.6 is 0 Å². The number of hydrogen-bond donors (Lipinski definition) is 1. The van der Waals surface area contributed by atoms with Crippen LogP contribution in [0.25, 0.3) is 0 Å². The Balaban J connectivity index is 1.80. The molecule has 0 spiro atoms. The Hall–Kier alpha value is -1.97. The van der Waals surface area contributed by atoms with E-state index in [0.717, 1.165) is 19.3 Å². The number of ketones is 1. The third-order valence-corrected chi connectivity index (χ3v) is 3.63. The summed E-state index contributed by atoms with van der Waals surface area (Å²) < 4.78 is 0. The van der Waals surface area contributed by atoms with Gasteiger partial charge < -0.3 is 0 Å². The fourth-order valence-electron chi connectivity index (χ4n) is 2.73. The minimum absolute atomic E-state index is 0.0745. The van der Waals surface area contributed by atoms with E-state index < -0.39 is 0 Å². The highest BCUT2D eigenvalue weighted by atomic mass is 16.1. The smallest absolute Gasteiger partial charge is 0.185 e. The second-order valence-electron chi connectivity index (χ2n) is 4.77. The van der Waals surface area contributed by atoms with Gasteiger partial charge in [0.1, 0.15) is 5.69 Å². The Morgan fingerprint density at radius 1 is 1.39 bits per heavy atom. The van der Waals surface area contributed by atoms with E-state index in [-0.39, 0.29) is 5.78 Å². The highest BCUT2D eigenvalue weighted by molar-refractivity contribution is 5.94. The van der Waals surface area contributed by atoms with E-state index >= 15 is 0 Å². The maximum absolute atomic E-state index is 12.1. The molecule has 1 unspecified atom stereocenters. The van der Waals surface area contributed by atoms with E-state index in [1.165, 1.54) is 17.3 Å². The Morgan fingerprint density at radius 3 is 3.11 bits per heavy atom. The standard InChI is InChI=1S/C14H15N3O/c18-14(13-9-15-17-16-13)8-11-6-3-5-10-4-1-2-7-12(10)11/h1-2,4,7,9,11H,3,5-6,8H2,(H,15,16,17). The van der Waals surface area contributed by atoms with Crippen molar-refractivity contribution in [2.45, 2.75) is 31.6 Å². The van der Waals surface area contributed by atoms with E-state index in [1.54, 1.807) is 0 Å². The SMILES string of the molecule is O=C(CC1CCCc2ccccc21)c1cn[nH]n1. The highest BCUT2D eigenvalue weighted by Gasteiger charge is 2.23. The molecule has 1 aromatic heterocycles. The van der Waals surface area contributed by atoms with Gasteiger partial charge in [0.2, 0.25) is 0 Å². The molecule has 0 bridgehead atoms. The lowest BCUT2D eigenvalue weighted by Crippen LogP contribution is -2.14. The van der Waals surface area contributed by atoms with Crippen LogP contribution in [0.3, 0.4) is 0 Å². The van der Waals surface area contributed by atoms with Gasteiger partial charge >= 0.3 is 0 Å². The maximum atomic E-state index is 12.1. The lowest BCUT2D eigenvalue weighted by molar-refractivity contribution is 0.0966. The molecule has 1 N–H and O–H groups in total. The van der Waals surface area contributed by atoms with Crippen LogP contribution in [0.5, 0.6) is 0 Å². The van der Waals surface area contributed by atoms with Crippen LogP contribution in [-0.2, 0) is 6.42 Å². The minimum Gasteiger partial charge on any atom is -0.292 e. The maximum Gasteiger partial charge on any atom is 0.185 e. The molecule has 4 nitrogen and oxygen atoms in total. The lowest BCUT2D eigenvalue weighted by Gasteiger charge is -2.24. The number of Topliss-reactive ketones (excluding diaryl/α,β-unsaturated/α-hetero) is 1. The third kappa shape index (κ3) is 2.06. The fraction of sp³-hybridized carbons (Fsp3) is 0.357. The number of carbonyl (C=O) groups excluding carboxylic acids is 1. The molecule has 0 fully saturated rings. The average molecular weight is 241 g/mol. The number of hydrogen-bond acceptors (Lipinski definition) is 3. The highest BCUT2D eigenvalue weighted by Crippen LogP contribution is 2.34. The molecule has 0 saturated carbocycles. The van der Waals surface area contributed by atoms with Crippen LogP contribution < -0.4 is 0 Å². The van der Waals surface area contributed by atoms with Crippen molar-refractivity contribution in [2.75, 3.05) is 0 Å². The van der Waals surface area contributed by atoms with Crippen molar-refractivity contribution in [3.8, 4) is 0 Å². The molecular weight excluding hydrogens is 226 g/mol. The van der Waals surface area contributed by atoms with Gasteiger partial charge in [0.15, 0.2) is 5.78 Å². The van der Waals surface area contributed by atoms with Crippen LogP contribution in [-0.4, -0.2) is 21.2 Å². The third-order valence-electron chi connectivity index (χ3n) is 3.63. The number of aromatic amines is 1. The second-order valence-corrected chi connectivity index (χ2v) is 4.77. The summed E-state index contributed by atoms with van der Waals surface area (Å²) in [5, 5.41) is 10.0. The topological polar surface area (TPSA) is 58.6 Å². The van der Waals surface area contributed by atoms with Gasteiger partial charge in [-0.15, -0.1) is 0 Å². The fourth-order valence-corrected chi connectivity index (χ4v) is 2.73. The summed E-state index contributed by atoms with van der Waals surface area (Å²) in [7, 11) is 0. The Labute approximate surface area is 105 Å². The van der Waals surface area contributed by atoms with Gasteiger partial charge in [0.05, 0.1) is 6.20 Å².